The number of hydrogen-bond donors (Lipinski definition) is 2. The highest BCUT2D eigenvalue weighted by molar-refractivity contribution is 9.10. The number of imidazole rings is 1. The summed E-state index contributed by atoms with van der Waals surface area (Å²) in [6, 6.07) is 12.8. The number of pyridine rings is 1. The van der Waals surface area contributed by atoms with Crippen molar-refractivity contribution in [3.05, 3.63) is 64.5 Å². The van der Waals surface area contributed by atoms with Crippen LogP contribution >= 0.6 is 15.9 Å². The van der Waals surface area contributed by atoms with Crippen LogP contribution in [-0.2, 0) is 13.0 Å². The van der Waals surface area contributed by atoms with E-state index >= 15 is 0 Å². The van der Waals surface area contributed by atoms with Crippen LogP contribution in [0.3, 0.4) is 0 Å². The summed E-state index contributed by atoms with van der Waals surface area (Å²) in [5, 5.41) is 14.2. The van der Waals surface area contributed by atoms with Gasteiger partial charge in [-0.1, -0.05) is 12.1 Å². The number of benzene rings is 1. The van der Waals surface area contributed by atoms with E-state index in [0.717, 1.165) is 21.4 Å². The predicted octanol–water partition coefficient (Wildman–Crippen LogP) is 3.48. The van der Waals surface area contributed by atoms with Crippen LogP contribution in [0.2, 0.25) is 0 Å². The van der Waals surface area contributed by atoms with Gasteiger partial charge in [0.15, 0.2) is 0 Å². The van der Waals surface area contributed by atoms with Gasteiger partial charge in [-0.2, -0.15) is 5.26 Å². The molecule has 3 rings (SSSR count). The molecule has 0 saturated heterocycles. The number of nitriles is 1. The summed E-state index contributed by atoms with van der Waals surface area (Å²) in [4.78, 5) is 16.4. The molecule has 0 aliphatic rings. The number of rotatable bonds is 4. The molecular formula is C17H14BrN5O. The predicted molar refractivity (Wildman–Crippen MR) is 94.5 cm³/mol. The molecule has 0 aliphatic heterocycles. The molecule has 0 aliphatic carbocycles. The van der Waals surface area contributed by atoms with Gasteiger partial charge in [-0.3, -0.25) is 0 Å². The highest BCUT2D eigenvalue weighted by atomic mass is 79.9. The van der Waals surface area contributed by atoms with Gasteiger partial charge in [0.25, 0.3) is 0 Å². The Kier molecular flexibility index (Phi) is 4.77. The lowest BCUT2D eigenvalue weighted by atomic mass is 10.1. The SMILES string of the molecule is N#CCc1ccc(NC(=O)NCc2cn3cc(Br)ccc3n2)cc1. The van der Waals surface area contributed by atoms with E-state index in [1.54, 1.807) is 12.1 Å². The first kappa shape index (κ1) is 16.0. The minimum absolute atomic E-state index is 0.304. The minimum Gasteiger partial charge on any atom is -0.332 e. The molecule has 2 amide bonds. The van der Waals surface area contributed by atoms with Gasteiger partial charge in [0, 0.05) is 22.6 Å². The Morgan fingerprint density at radius 1 is 1.21 bits per heavy atom. The second-order valence-corrected chi connectivity index (χ2v) is 6.10. The van der Waals surface area contributed by atoms with Crippen molar-refractivity contribution in [3.63, 3.8) is 0 Å². The van der Waals surface area contributed by atoms with Crippen molar-refractivity contribution in [1.82, 2.24) is 14.7 Å². The summed E-state index contributed by atoms with van der Waals surface area (Å²) in [7, 11) is 0. The lowest BCUT2D eigenvalue weighted by molar-refractivity contribution is 0.251. The van der Waals surface area contributed by atoms with Crippen molar-refractivity contribution >= 4 is 33.3 Å². The van der Waals surface area contributed by atoms with Crippen molar-refractivity contribution in [2.45, 2.75) is 13.0 Å². The smallest absolute Gasteiger partial charge is 0.319 e. The Morgan fingerprint density at radius 2 is 2.00 bits per heavy atom. The van der Waals surface area contributed by atoms with Crippen molar-refractivity contribution in [2.24, 2.45) is 0 Å². The number of amides is 2. The number of hydrogen-bond acceptors (Lipinski definition) is 3. The fourth-order valence-electron chi connectivity index (χ4n) is 2.25. The zero-order chi connectivity index (χ0) is 16.9. The van der Waals surface area contributed by atoms with Crippen LogP contribution in [-0.4, -0.2) is 15.4 Å². The Balaban J connectivity index is 1.57. The molecule has 7 heteroatoms. The summed E-state index contributed by atoms with van der Waals surface area (Å²) in [5.74, 6) is 0. The van der Waals surface area contributed by atoms with Gasteiger partial charge in [-0.15, -0.1) is 0 Å². The first-order chi connectivity index (χ1) is 11.6. The average molecular weight is 384 g/mol. The van der Waals surface area contributed by atoms with Gasteiger partial charge in [0.05, 0.1) is 24.7 Å². The Hall–Kier alpha value is -2.85. The first-order valence-electron chi connectivity index (χ1n) is 7.28. The van der Waals surface area contributed by atoms with E-state index in [1.165, 1.54) is 0 Å². The highest BCUT2D eigenvalue weighted by Crippen LogP contribution is 2.13. The maximum atomic E-state index is 11.9. The molecule has 6 nitrogen and oxygen atoms in total. The molecule has 24 heavy (non-hydrogen) atoms. The topological polar surface area (TPSA) is 82.2 Å². The molecule has 0 spiro atoms. The number of halogens is 1. The van der Waals surface area contributed by atoms with Crippen LogP contribution in [0.5, 0.6) is 0 Å². The summed E-state index contributed by atoms with van der Waals surface area (Å²) in [6.07, 6.45) is 4.14. The molecule has 1 aromatic carbocycles. The number of fused-ring (bicyclic) bond motifs is 1. The molecule has 0 bridgehead atoms. The van der Waals surface area contributed by atoms with Gasteiger partial charge < -0.3 is 15.0 Å². The summed E-state index contributed by atoms with van der Waals surface area (Å²) >= 11 is 3.41. The first-order valence-corrected chi connectivity index (χ1v) is 8.07. The van der Waals surface area contributed by atoms with E-state index in [-0.39, 0.29) is 6.03 Å². The van der Waals surface area contributed by atoms with Gasteiger partial charge >= 0.3 is 6.03 Å². The van der Waals surface area contributed by atoms with Gasteiger partial charge in [0.1, 0.15) is 5.65 Å². The van der Waals surface area contributed by atoms with E-state index in [1.807, 2.05) is 41.1 Å². The number of nitrogens with zero attached hydrogens (tertiary/aromatic N) is 3. The summed E-state index contributed by atoms with van der Waals surface area (Å²) < 4.78 is 2.86. The van der Waals surface area contributed by atoms with E-state index in [2.05, 4.69) is 37.6 Å². The number of carbonyl (C=O) groups is 1. The molecule has 0 unspecified atom stereocenters. The molecular weight excluding hydrogens is 370 g/mol. The third-order valence-corrected chi connectivity index (χ3v) is 3.86. The zero-order valence-electron chi connectivity index (χ0n) is 12.7. The molecule has 0 radical (unpaired) electrons. The van der Waals surface area contributed by atoms with Gasteiger partial charge in [0.2, 0.25) is 0 Å². The van der Waals surface area contributed by atoms with E-state index in [4.69, 9.17) is 5.26 Å². The second kappa shape index (κ2) is 7.15. The third-order valence-electron chi connectivity index (χ3n) is 3.39. The monoisotopic (exact) mass is 383 g/mol. The summed E-state index contributed by atoms with van der Waals surface area (Å²) in [5.41, 5.74) is 3.18. The molecule has 0 fully saturated rings. The molecule has 120 valence electrons. The number of anilines is 1. The Bertz CT molecular complexity index is 911. The zero-order valence-corrected chi connectivity index (χ0v) is 14.2. The minimum atomic E-state index is -0.304. The summed E-state index contributed by atoms with van der Waals surface area (Å²) in [6.45, 7) is 0.331. The quantitative estimate of drug-likeness (QED) is 0.723. The van der Waals surface area contributed by atoms with Crippen molar-refractivity contribution in [2.75, 3.05) is 5.32 Å². The van der Waals surface area contributed by atoms with Crippen molar-refractivity contribution < 1.29 is 4.79 Å². The molecule has 0 saturated carbocycles. The number of carbonyl (C=O) groups excluding carboxylic acids is 1. The normalized spacial score (nSPS) is 10.3. The fourth-order valence-corrected chi connectivity index (χ4v) is 2.60. The van der Waals surface area contributed by atoms with Crippen LogP contribution < -0.4 is 10.6 Å². The van der Waals surface area contributed by atoms with Crippen LogP contribution in [0, 0.1) is 11.3 Å². The van der Waals surface area contributed by atoms with Gasteiger partial charge in [-0.25, -0.2) is 9.78 Å². The Morgan fingerprint density at radius 3 is 2.75 bits per heavy atom. The highest BCUT2D eigenvalue weighted by Gasteiger charge is 2.05. The largest absolute Gasteiger partial charge is 0.332 e. The maximum Gasteiger partial charge on any atom is 0.319 e. The van der Waals surface area contributed by atoms with Crippen molar-refractivity contribution in [3.8, 4) is 6.07 Å². The number of urea groups is 1. The molecule has 2 heterocycles. The van der Waals surface area contributed by atoms with Crippen LogP contribution in [0.1, 0.15) is 11.3 Å². The second-order valence-electron chi connectivity index (χ2n) is 5.18. The lowest BCUT2D eigenvalue weighted by Gasteiger charge is -2.06. The molecule has 2 aromatic heterocycles. The van der Waals surface area contributed by atoms with E-state index in [0.29, 0.717) is 18.7 Å². The molecule has 3 aromatic rings. The number of nitrogens with one attached hydrogen (secondary N) is 2. The van der Waals surface area contributed by atoms with Crippen LogP contribution in [0.15, 0.2) is 53.3 Å². The van der Waals surface area contributed by atoms with Crippen LogP contribution in [0.25, 0.3) is 5.65 Å². The van der Waals surface area contributed by atoms with E-state index < -0.39 is 0 Å². The van der Waals surface area contributed by atoms with Gasteiger partial charge in [-0.05, 0) is 45.8 Å². The average Bonchev–Trinajstić information content (AvgIpc) is 2.97. The molecule has 2 N–H and O–H groups in total. The standard InChI is InChI=1S/C17H14BrN5O/c18-13-3-6-16-21-15(11-23(16)10-13)9-20-17(24)22-14-4-1-12(2-5-14)7-8-19/h1-6,10-11H,7,9H2,(H2,20,22,24). The maximum absolute atomic E-state index is 11.9. The lowest BCUT2D eigenvalue weighted by Crippen LogP contribution is -2.28. The van der Waals surface area contributed by atoms with Crippen LogP contribution in [0.4, 0.5) is 10.5 Å². The number of aromatic nitrogens is 2. The third kappa shape index (κ3) is 3.91. The molecule has 0 atom stereocenters. The Labute approximate surface area is 147 Å². The van der Waals surface area contributed by atoms with Crippen molar-refractivity contribution in [1.29, 1.82) is 5.26 Å². The van der Waals surface area contributed by atoms with E-state index in [9.17, 15) is 4.79 Å². The fraction of sp³-hybridized carbons (Fsp3) is 0.118.